The summed E-state index contributed by atoms with van der Waals surface area (Å²) in [4.78, 5) is 0.0540. The summed E-state index contributed by atoms with van der Waals surface area (Å²) < 4.78 is 36.6. The van der Waals surface area contributed by atoms with E-state index in [1.54, 1.807) is 0 Å². The lowest BCUT2D eigenvalue weighted by atomic mass is 10.3. The minimum Gasteiger partial charge on any atom is -0.493 e. The molecular formula is C12H18BrNO5S. The largest absolute Gasteiger partial charge is 0.493 e. The molecule has 0 bridgehead atoms. The van der Waals surface area contributed by atoms with E-state index >= 15 is 0 Å². The van der Waals surface area contributed by atoms with Crippen LogP contribution in [0.3, 0.4) is 0 Å². The van der Waals surface area contributed by atoms with Crippen LogP contribution in [0.5, 0.6) is 11.5 Å². The fourth-order valence-electron chi connectivity index (χ4n) is 1.67. The zero-order valence-electron chi connectivity index (χ0n) is 11.8. The Morgan fingerprint density at radius 1 is 1.30 bits per heavy atom. The maximum Gasteiger partial charge on any atom is 0.244 e. The summed E-state index contributed by atoms with van der Waals surface area (Å²) >= 11 is 3.22. The lowest BCUT2D eigenvalue weighted by Gasteiger charge is -2.20. The molecule has 0 saturated carbocycles. The van der Waals surface area contributed by atoms with E-state index in [0.29, 0.717) is 16.0 Å². The topological polar surface area (TPSA) is 76.1 Å². The standard InChI is InChI=1S/C12H18BrNO5S/c1-8(15)7-14(2)20(16,17)12-6-11(19-4)10(18-3)5-9(12)13/h5-6,8,15H,7H2,1-4H3. The maximum atomic E-state index is 12.4. The van der Waals surface area contributed by atoms with Gasteiger partial charge in [-0.2, -0.15) is 4.31 Å². The van der Waals surface area contributed by atoms with Crippen molar-refractivity contribution in [2.45, 2.75) is 17.9 Å². The SMILES string of the molecule is COc1cc(Br)c(S(=O)(=O)N(C)CC(C)O)cc1OC. The smallest absolute Gasteiger partial charge is 0.244 e. The normalized spacial score (nSPS) is 13.3. The van der Waals surface area contributed by atoms with Crippen molar-refractivity contribution in [1.82, 2.24) is 4.31 Å². The highest BCUT2D eigenvalue weighted by Crippen LogP contribution is 2.36. The number of halogens is 1. The highest BCUT2D eigenvalue weighted by atomic mass is 79.9. The van der Waals surface area contributed by atoms with Crippen LogP contribution in [0.1, 0.15) is 6.92 Å². The maximum absolute atomic E-state index is 12.4. The van der Waals surface area contributed by atoms with E-state index in [1.165, 1.54) is 40.3 Å². The number of nitrogens with zero attached hydrogens (tertiary/aromatic N) is 1. The molecule has 0 aliphatic heterocycles. The van der Waals surface area contributed by atoms with Crippen LogP contribution in [0.15, 0.2) is 21.5 Å². The van der Waals surface area contributed by atoms with Crippen molar-refractivity contribution in [2.75, 3.05) is 27.8 Å². The lowest BCUT2D eigenvalue weighted by molar-refractivity contribution is 0.171. The Kier molecular flexibility index (Phi) is 5.81. The van der Waals surface area contributed by atoms with Crippen LogP contribution < -0.4 is 9.47 Å². The van der Waals surface area contributed by atoms with Crippen LogP contribution in [0.25, 0.3) is 0 Å². The molecule has 1 unspecified atom stereocenters. The second-order valence-corrected chi connectivity index (χ2v) is 7.14. The molecule has 1 aromatic carbocycles. The molecule has 0 aliphatic carbocycles. The van der Waals surface area contributed by atoms with E-state index in [1.807, 2.05) is 0 Å². The summed E-state index contributed by atoms with van der Waals surface area (Å²) in [5.74, 6) is 0.747. The van der Waals surface area contributed by atoms with Crippen molar-refractivity contribution in [1.29, 1.82) is 0 Å². The number of hydrogen-bond donors (Lipinski definition) is 1. The van der Waals surface area contributed by atoms with Gasteiger partial charge in [-0.25, -0.2) is 8.42 Å². The predicted octanol–water partition coefficient (Wildman–Crippen LogP) is 1.47. The van der Waals surface area contributed by atoms with Crippen LogP contribution in [0, 0.1) is 0 Å². The zero-order valence-corrected chi connectivity index (χ0v) is 14.2. The van der Waals surface area contributed by atoms with E-state index in [-0.39, 0.29) is 11.4 Å². The van der Waals surface area contributed by atoms with Gasteiger partial charge in [0.1, 0.15) is 4.90 Å². The van der Waals surface area contributed by atoms with Gasteiger partial charge in [0.15, 0.2) is 11.5 Å². The van der Waals surface area contributed by atoms with Gasteiger partial charge in [-0.3, -0.25) is 0 Å². The molecule has 0 saturated heterocycles. The molecule has 0 radical (unpaired) electrons. The van der Waals surface area contributed by atoms with Crippen LogP contribution in [-0.2, 0) is 10.0 Å². The number of ether oxygens (including phenoxy) is 2. The zero-order chi connectivity index (χ0) is 15.5. The van der Waals surface area contributed by atoms with Gasteiger partial charge in [-0.15, -0.1) is 0 Å². The molecular weight excluding hydrogens is 350 g/mol. The van der Waals surface area contributed by atoms with Crippen molar-refractivity contribution in [3.63, 3.8) is 0 Å². The summed E-state index contributed by atoms with van der Waals surface area (Å²) in [6, 6.07) is 2.92. The molecule has 0 aromatic heterocycles. The summed E-state index contributed by atoms with van der Waals surface area (Å²) in [6.45, 7) is 1.53. The van der Waals surface area contributed by atoms with E-state index in [2.05, 4.69) is 15.9 Å². The van der Waals surface area contributed by atoms with Crippen LogP contribution in [-0.4, -0.2) is 51.7 Å². The molecule has 0 spiro atoms. The highest BCUT2D eigenvalue weighted by Gasteiger charge is 2.26. The Morgan fingerprint density at radius 2 is 1.80 bits per heavy atom. The molecule has 1 aromatic rings. The number of hydrogen-bond acceptors (Lipinski definition) is 5. The van der Waals surface area contributed by atoms with Crippen molar-refractivity contribution < 1.29 is 23.0 Å². The van der Waals surface area contributed by atoms with Crippen LogP contribution in [0.4, 0.5) is 0 Å². The second-order valence-electron chi connectivity index (χ2n) is 4.27. The summed E-state index contributed by atoms with van der Waals surface area (Å²) in [6.07, 6.45) is -0.756. The highest BCUT2D eigenvalue weighted by molar-refractivity contribution is 9.10. The number of methoxy groups -OCH3 is 2. The Morgan fingerprint density at radius 3 is 2.25 bits per heavy atom. The summed E-state index contributed by atoms with van der Waals surface area (Å²) in [5.41, 5.74) is 0. The van der Waals surface area contributed by atoms with Gasteiger partial charge in [0.25, 0.3) is 0 Å². The van der Waals surface area contributed by atoms with E-state index in [0.717, 1.165) is 4.31 Å². The molecule has 8 heteroatoms. The van der Waals surface area contributed by atoms with E-state index in [4.69, 9.17) is 9.47 Å². The van der Waals surface area contributed by atoms with Crippen molar-refractivity contribution in [3.05, 3.63) is 16.6 Å². The number of aliphatic hydroxyl groups is 1. The van der Waals surface area contributed by atoms with Crippen molar-refractivity contribution in [3.8, 4) is 11.5 Å². The third kappa shape index (κ3) is 3.63. The van der Waals surface area contributed by atoms with Gasteiger partial charge in [0.2, 0.25) is 10.0 Å². The number of aliphatic hydroxyl groups excluding tert-OH is 1. The second kappa shape index (κ2) is 6.75. The van der Waals surface area contributed by atoms with Gasteiger partial charge in [-0.1, -0.05) is 0 Å². The van der Waals surface area contributed by atoms with Crippen molar-refractivity contribution >= 4 is 26.0 Å². The monoisotopic (exact) mass is 367 g/mol. The average Bonchev–Trinajstić information content (AvgIpc) is 2.37. The predicted molar refractivity (Wildman–Crippen MR) is 78.7 cm³/mol. The third-order valence-electron chi connectivity index (χ3n) is 2.65. The first-order valence-electron chi connectivity index (χ1n) is 5.80. The molecule has 1 atom stereocenters. The number of sulfonamides is 1. The molecule has 6 nitrogen and oxygen atoms in total. The minimum absolute atomic E-state index is 0.00309. The quantitative estimate of drug-likeness (QED) is 0.823. The van der Waals surface area contributed by atoms with Gasteiger partial charge < -0.3 is 14.6 Å². The first-order chi connectivity index (χ1) is 9.23. The molecule has 20 heavy (non-hydrogen) atoms. The fraction of sp³-hybridized carbons (Fsp3) is 0.500. The summed E-state index contributed by atoms with van der Waals surface area (Å²) in [7, 11) is 0.579. The van der Waals surface area contributed by atoms with Gasteiger partial charge in [0, 0.05) is 24.1 Å². The van der Waals surface area contributed by atoms with Crippen LogP contribution >= 0.6 is 15.9 Å². The lowest BCUT2D eigenvalue weighted by Crippen LogP contribution is -2.33. The fourth-order valence-corrected chi connectivity index (χ4v) is 3.92. The Hall–Kier alpha value is -0.830. The molecule has 0 heterocycles. The molecule has 1 rings (SSSR count). The first kappa shape index (κ1) is 17.2. The summed E-state index contributed by atoms with van der Waals surface area (Å²) in [5, 5.41) is 9.32. The van der Waals surface area contributed by atoms with Gasteiger partial charge in [-0.05, 0) is 28.9 Å². The Bertz CT molecular complexity index is 573. The average molecular weight is 368 g/mol. The number of rotatable bonds is 6. The van der Waals surface area contributed by atoms with Crippen LogP contribution in [0.2, 0.25) is 0 Å². The molecule has 0 aliphatic rings. The number of benzene rings is 1. The van der Waals surface area contributed by atoms with Crippen molar-refractivity contribution in [2.24, 2.45) is 0 Å². The van der Waals surface area contributed by atoms with Gasteiger partial charge >= 0.3 is 0 Å². The minimum atomic E-state index is -3.73. The van der Waals surface area contributed by atoms with Gasteiger partial charge in [0.05, 0.1) is 20.3 Å². The van der Waals surface area contributed by atoms with E-state index < -0.39 is 16.1 Å². The number of likely N-dealkylation sites (N-methyl/N-ethyl adjacent to an activating group) is 1. The molecule has 0 fully saturated rings. The molecule has 114 valence electrons. The van der Waals surface area contributed by atoms with E-state index in [9.17, 15) is 13.5 Å². The first-order valence-corrected chi connectivity index (χ1v) is 8.03. The Labute approximate surface area is 127 Å². The Balaban J connectivity index is 3.31. The molecule has 0 amide bonds. The molecule has 1 N–H and O–H groups in total. The third-order valence-corrected chi connectivity index (χ3v) is 5.43.